The second kappa shape index (κ2) is 9.62. The molecule has 0 spiro atoms. The molecule has 0 radical (unpaired) electrons. The minimum atomic E-state index is -1.11. The number of rotatable bonds is 7. The van der Waals surface area contributed by atoms with Gasteiger partial charge in [0.15, 0.2) is 6.10 Å². The molecule has 2 aromatic rings. The Morgan fingerprint density at radius 1 is 1.06 bits per heavy atom. The fraction of sp³-hybridized carbons (Fsp3) is 0.400. The Hall–Kier alpha value is -3.39. The van der Waals surface area contributed by atoms with Gasteiger partial charge in [-0.15, -0.1) is 0 Å². The van der Waals surface area contributed by atoms with E-state index in [0.29, 0.717) is 6.42 Å². The minimum Gasteiger partial charge on any atom is -0.480 e. The summed E-state index contributed by atoms with van der Waals surface area (Å²) < 4.78 is 11.0. The molecule has 1 aliphatic heterocycles. The van der Waals surface area contributed by atoms with Crippen molar-refractivity contribution in [2.45, 2.75) is 44.4 Å². The van der Waals surface area contributed by atoms with Crippen molar-refractivity contribution in [3.8, 4) is 11.1 Å². The van der Waals surface area contributed by atoms with E-state index in [1.54, 1.807) is 13.8 Å². The molecule has 4 rings (SSSR count). The predicted molar refractivity (Wildman–Crippen MR) is 121 cm³/mol. The normalized spacial score (nSPS) is 20.1. The summed E-state index contributed by atoms with van der Waals surface area (Å²) in [5.74, 6) is -2.03. The van der Waals surface area contributed by atoms with Gasteiger partial charge in [-0.25, -0.2) is 9.59 Å². The summed E-state index contributed by atoms with van der Waals surface area (Å²) >= 11 is 0. The van der Waals surface area contributed by atoms with Crippen LogP contribution in [0.15, 0.2) is 48.5 Å². The number of alkyl carbamates (subject to hydrolysis) is 1. The molecule has 0 bridgehead atoms. The van der Waals surface area contributed by atoms with Gasteiger partial charge in [-0.2, -0.15) is 0 Å². The van der Waals surface area contributed by atoms with Crippen molar-refractivity contribution < 1.29 is 29.0 Å². The second-order valence-electron chi connectivity index (χ2n) is 8.72. The fourth-order valence-electron chi connectivity index (χ4n) is 4.54. The SMILES string of the molecule is CC(C)[C@@H](NC(=O)[C@@H]1OCC[C@@H]1NC(=O)OCC1c2ccccc2-c2ccccc21)C(=O)O. The summed E-state index contributed by atoms with van der Waals surface area (Å²) in [6.07, 6.45) is -1.17. The van der Waals surface area contributed by atoms with Crippen molar-refractivity contribution in [1.29, 1.82) is 0 Å². The van der Waals surface area contributed by atoms with E-state index in [-0.39, 0.29) is 25.0 Å². The molecule has 2 aliphatic rings. The first-order valence-corrected chi connectivity index (χ1v) is 11.1. The van der Waals surface area contributed by atoms with E-state index in [2.05, 4.69) is 22.8 Å². The van der Waals surface area contributed by atoms with E-state index in [0.717, 1.165) is 22.3 Å². The van der Waals surface area contributed by atoms with E-state index in [9.17, 15) is 19.5 Å². The molecule has 3 atom stereocenters. The first-order chi connectivity index (χ1) is 15.9. The number of fused-ring (bicyclic) bond motifs is 3. The van der Waals surface area contributed by atoms with Crippen molar-refractivity contribution in [2.75, 3.05) is 13.2 Å². The third kappa shape index (κ3) is 4.71. The molecule has 33 heavy (non-hydrogen) atoms. The highest BCUT2D eigenvalue weighted by atomic mass is 16.6. The summed E-state index contributed by atoms with van der Waals surface area (Å²) in [7, 11) is 0. The van der Waals surface area contributed by atoms with Crippen molar-refractivity contribution >= 4 is 18.0 Å². The lowest BCUT2D eigenvalue weighted by Gasteiger charge is -2.23. The highest BCUT2D eigenvalue weighted by Crippen LogP contribution is 2.44. The average Bonchev–Trinajstić information content (AvgIpc) is 3.38. The van der Waals surface area contributed by atoms with E-state index >= 15 is 0 Å². The molecule has 0 unspecified atom stereocenters. The average molecular weight is 453 g/mol. The first-order valence-electron chi connectivity index (χ1n) is 11.1. The van der Waals surface area contributed by atoms with Crippen molar-refractivity contribution in [1.82, 2.24) is 10.6 Å². The van der Waals surface area contributed by atoms with Crippen molar-refractivity contribution in [3.05, 3.63) is 59.7 Å². The van der Waals surface area contributed by atoms with Crippen LogP contribution in [-0.2, 0) is 19.1 Å². The molecule has 3 N–H and O–H groups in total. The topological polar surface area (TPSA) is 114 Å². The van der Waals surface area contributed by atoms with Crippen LogP contribution in [-0.4, -0.2) is 54.5 Å². The largest absolute Gasteiger partial charge is 0.480 e. The Bertz CT molecular complexity index is 1010. The lowest BCUT2D eigenvalue weighted by molar-refractivity contribution is -0.145. The Labute approximate surface area is 192 Å². The number of benzene rings is 2. The van der Waals surface area contributed by atoms with Crippen LogP contribution in [0.25, 0.3) is 11.1 Å². The fourth-order valence-corrected chi connectivity index (χ4v) is 4.54. The Morgan fingerprint density at radius 2 is 1.67 bits per heavy atom. The number of carboxylic acid groups (broad SMARTS) is 1. The van der Waals surface area contributed by atoms with Gasteiger partial charge in [0.2, 0.25) is 0 Å². The molecule has 1 heterocycles. The maximum atomic E-state index is 12.6. The molecule has 174 valence electrons. The quantitative estimate of drug-likeness (QED) is 0.595. The van der Waals surface area contributed by atoms with E-state index in [1.165, 1.54) is 0 Å². The lowest BCUT2D eigenvalue weighted by Crippen LogP contribution is -2.53. The van der Waals surface area contributed by atoms with Gasteiger partial charge < -0.3 is 25.2 Å². The standard InChI is InChI=1S/C25H28N2O6/c1-14(2)21(24(29)30)27-23(28)22-20(11-12-32-22)26-25(31)33-13-19-17-9-5-3-7-15(17)16-8-4-6-10-18(16)19/h3-10,14,19-22H,11-13H2,1-2H3,(H,26,31)(H,27,28)(H,29,30)/t20-,21+,22+/m0/s1. The Balaban J connectivity index is 1.37. The van der Waals surface area contributed by atoms with Crippen LogP contribution in [0.2, 0.25) is 0 Å². The number of carbonyl (C=O) groups is 3. The number of nitrogens with one attached hydrogen (secondary N) is 2. The van der Waals surface area contributed by atoms with E-state index in [4.69, 9.17) is 9.47 Å². The van der Waals surface area contributed by atoms with Gasteiger partial charge in [0.25, 0.3) is 5.91 Å². The summed E-state index contributed by atoms with van der Waals surface area (Å²) in [5.41, 5.74) is 4.50. The highest BCUT2D eigenvalue weighted by molar-refractivity contribution is 5.87. The third-order valence-corrected chi connectivity index (χ3v) is 6.23. The zero-order valence-corrected chi connectivity index (χ0v) is 18.6. The number of hydrogen-bond acceptors (Lipinski definition) is 5. The molecule has 1 saturated heterocycles. The Morgan fingerprint density at radius 3 is 2.24 bits per heavy atom. The highest BCUT2D eigenvalue weighted by Gasteiger charge is 2.38. The summed E-state index contributed by atoms with van der Waals surface area (Å²) in [6.45, 7) is 3.87. The predicted octanol–water partition coefficient (Wildman–Crippen LogP) is 2.91. The van der Waals surface area contributed by atoms with Crippen LogP contribution >= 0.6 is 0 Å². The van der Waals surface area contributed by atoms with Gasteiger partial charge in [-0.1, -0.05) is 62.4 Å². The number of carbonyl (C=O) groups excluding carboxylic acids is 2. The maximum Gasteiger partial charge on any atom is 0.407 e. The molecule has 1 fully saturated rings. The smallest absolute Gasteiger partial charge is 0.407 e. The molecule has 1 aliphatic carbocycles. The molecule has 8 heteroatoms. The number of ether oxygens (including phenoxy) is 2. The van der Waals surface area contributed by atoms with Gasteiger partial charge in [-0.05, 0) is 34.6 Å². The van der Waals surface area contributed by atoms with Crippen molar-refractivity contribution in [2.24, 2.45) is 5.92 Å². The molecule has 2 aromatic carbocycles. The third-order valence-electron chi connectivity index (χ3n) is 6.23. The monoisotopic (exact) mass is 452 g/mol. The minimum absolute atomic E-state index is 0.0653. The van der Waals surface area contributed by atoms with Gasteiger partial charge in [0, 0.05) is 12.5 Å². The zero-order valence-electron chi connectivity index (χ0n) is 18.6. The zero-order chi connectivity index (χ0) is 23.5. The van der Waals surface area contributed by atoms with Crippen LogP contribution in [0.5, 0.6) is 0 Å². The summed E-state index contributed by atoms with van der Waals surface area (Å²) in [5, 5.41) is 14.5. The lowest BCUT2D eigenvalue weighted by atomic mass is 9.98. The number of aliphatic carboxylic acids is 1. The summed E-state index contributed by atoms with van der Waals surface area (Å²) in [6, 6.07) is 14.5. The first kappa shape index (κ1) is 22.8. The maximum absolute atomic E-state index is 12.6. The van der Waals surface area contributed by atoms with Gasteiger partial charge >= 0.3 is 12.1 Å². The van der Waals surface area contributed by atoms with Crippen LogP contribution in [0.3, 0.4) is 0 Å². The van der Waals surface area contributed by atoms with Gasteiger partial charge in [0.1, 0.15) is 12.6 Å². The van der Waals surface area contributed by atoms with E-state index < -0.39 is 36.2 Å². The second-order valence-corrected chi connectivity index (χ2v) is 8.72. The molecular weight excluding hydrogens is 424 g/mol. The molecule has 0 aromatic heterocycles. The van der Waals surface area contributed by atoms with Crippen molar-refractivity contribution in [3.63, 3.8) is 0 Å². The number of hydrogen-bond donors (Lipinski definition) is 3. The van der Waals surface area contributed by atoms with Crippen LogP contribution in [0.4, 0.5) is 4.79 Å². The van der Waals surface area contributed by atoms with Gasteiger partial charge in [0.05, 0.1) is 6.04 Å². The van der Waals surface area contributed by atoms with E-state index in [1.807, 2.05) is 36.4 Å². The Kier molecular flexibility index (Phi) is 6.65. The van der Waals surface area contributed by atoms with Crippen LogP contribution < -0.4 is 10.6 Å². The summed E-state index contributed by atoms with van der Waals surface area (Å²) in [4.78, 5) is 36.6. The molecule has 2 amide bonds. The van der Waals surface area contributed by atoms with Gasteiger partial charge in [-0.3, -0.25) is 4.79 Å². The number of amides is 2. The number of carboxylic acids is 1. The molecular formula is C25H28N2O6. The van der Waals surface area contributed by atoms with Crippen LogP contribution in [0, 0.1) is 5.92 Å². The van der Waals surface area contributed by atoms with Crippen LogP contribution in [0.1, 0.15) is 37.3 Å². The molecule has 8 nitrogen and oxygen atoms in total. The molecule has 0 saturated carbocycles.